The number of aryl methyl sites for hydroxylation is 1. The predicted octanol–water partition coefficient (Wildman–Crippen LogP) is 5.16. The van der Waals surface area contributed by atoms with Crippen LogP contribution < -0.4 is 0 Å². The SMILES string of the molecule is CC(C)(C)OC(=O)N1CCC(CCc2noc3c(CO)c(-c4ccco4)ccc23)CC1. The fourth-order valence-electron chi connectivity index (χ4n) is 4.18. The van der Waals surface area contributed by atoms with Crippen LogP contribution in [0.15, 0.2) is 39.5 Å². The quantitative estimate of drug-likeness (QED) is 0.606. The maximum Gasteiger partial charge on any atom is 0.410 e. The summed E-state index contributed by atoms with van der Waals surface area (Å²) >= 11 is 0. The number of ether oxygens (including phenoxy) is 1. The molecule has 3 aromatic rings. The summed E-state index contributed by atoms with van der Waals surface area (Å²) in [5, 5.41) is 15.2. The standard InChI is InChI=1S/C24H30N2O5/c1-24(2,3)30-23(28)26-12-10-16(11-13-26)6-9-20-18-8-7-17(21-5-4-14-29-21)19(15-27)22(18)31-25-20/h4-5,7-8,14,16,27H,6,9-13,15H2,1-3H3. The molecule has 0 atom stereocenters. The summed E-state index contributed by atoms with van der Waals surface area (Å²) in [6, 6.07) is 7.62. The number of furan rings is 1. The van der Waals surface area contributed by atoms with Crippen LogP contribution in [-0.2, 0) is 17.8 Å². The Morgan fingerprint density at radius 1 is 1.26 bits per heavy atom. The van der Waals surface area contributed by atoms with Crippen molar-refractivity contribution in [3.8, 4) is 11.3 Å². The lowest BCUT2D eigenvalue weighted by molar-refractivity contribution is 0.0181. The van der Waals surface area contributed by atoms with E-state index in [-0.39, 0.29) is 12.7 Å². The molecule has 1 N–H and O–H groups in total. The second-order valence-electron chi connectivity index (χ2n) is 9.18. The van der Waals surface area contributed by atoms with E-state index in [4.69, 9.17) is 13.7 Å². The fraction of sp³-hybridized carbons (Fsp3) is 0.500. The van der Waals surface area contributed by atoms with Crippen molar-refractivity contribution >= 4 is 17.1 Å². The first-order chi connectivity index (χ1) is 14.9. The molecule has 0 bridgehead atoms. The molecule has 0 spiro atoms. The van der Waals surface area contributed by atoms with Crippen LogP contribution >= 0.6 is 0 Å². The van der Waals surface area contributed by atoms with E-state index in [1.807, 2.05) is 45.0 Å². The molecule has 1 aliphatic heterocycles. The average molecular weight is 427 g/mol. The van der Waals surface area contributed by atoms with E-state index in [1.165, 1.54) is 0 Å². The molecular formula is C24H30N2O5. The minimum Gasteiger partial charge on any atom is -0.464 e. The van der Waals surface area contributed by atoms with Crippen molar-refractivity contribution in [2.24, 2.45) is 5.92 Å². The maximum absolute atomic E-state index is 12.2. The molecule has 1 amide bonds. The Morgan fingerprint density at radius 3 is 2.68 bits per heavy atom. The molecule has 1 fully saturated rings. The molecule has 4 rings (SSSR count). The van der Waals surface area contributed by atoms with Crippen LogP contribution in [-0.4, -0.2) is 39.9 Å². The third kappa shape index (κ3) is 4.77. The zero-order valence-electron chi connectivity index (χ0n) is 18.4. The summed E-state index contributed by atoms with van der Waals surface area (Å²) in [6.07, 6.45) is 5.09. The van der Waals surface area contributed by atoms with Gasteiger partial charge in [0.15, 0.2) is 5.58 Å². The molecule has 7 nitrogen and oxygen atoms in total. The molecular weight excluding hydrogens is 396 g/mol. The second-order valence-corrected chi connectivity index (χ2v) is 9.18. The van der Waals surface area contributed by atoms with Gasteiger partial charge in [0.1, 0.15) is 11.4 Å². The van der Waals surface area contributed by atoms with Crippen LogP contribution in [0.5, 0.6) is 0 Å². The van der Waals surface area contributed by atoms with Crippen LogP contribution in [0.2, 0.25) is 0 Å². The zero-order chi connectivity index (χ0) is 22.0. The van der Waals surface area contributed by atoms with E-state index >= 15 is 0 Å². The molecule has 1 saturated heterocycles. The van der Waals surface area contributed by atoms with Crippen molar-refractivity contribution in [1.29, 1.82) is 0 Å². The number of aliphatic hydroxyl groups is 1. The average Bonchev–Trinajstić information content (AvgIpc) is 3.40. The van der Waals surface area contributed by atoms with Crippen molar-refractivity contribution in [3.05, 3.63) is 41.8 Å². The lowest BCUT2D eigenvalue weighted by Gasteiger charge is -2.33. The minimum absolute atomic E-state index is 0.148. The van der Waals surface area contributed by atoms with Crippen molar-refractivity contribution in [3.63, 3.8) is 0 Å². The number of aliphatic hydroxyl groups excluding tert-OH is 1. The van der Waals surface area contributed by atoms with Gasteiger partial charge < -0.3 is 23.7 Å². The molecule has 1 aromatic carbocycles. The highest BCUT2D eigenvalue weighted by Gasteiger charge is 2.27. The first-order valence-corrected chi connectivity index (χ1v) is 10.9. The third-order valence-electron chi connectivity index (χ3n) is 5.82. The number of carbonyl (C=O) groups is 1. The Kier molecular flexibility index (Phi) is 6.05. The Hall–Kier alpha value is -2.80. The maximum atomic E-state index is 12.2. The number of nitrogens with zero attached hydrogens (tertiary/aromatic N) is 2. The second kappa shape index (κ2) is 8.75. The van der Waals surface area contributed by atoms with Crippen LogP contribution in [0, 0.1) is 5.92 Å². The van der Waals surface area contributed by atoms with Gasteiger partial charge in [0.2, 0.25) is 0 Å². The van der Waals surface area contributed by atoms with E-state index in [0.717, 1.165) is 55.4 Å². The van der Waals surface area contributed by atoms with Gasteiger partial charge in [0, 0.05) is 29.6 Å². The zero-order valence-corrected chi connectivity index (χ0v) is 18.4. The molecule has 166 valence electrons. The third-order valence-corrected chi connectivity index (χ3v) is 5.82. The van der Waals surface area contributed by atoms with Crippen LogP contribution in [0.3, 0.4) is 0 Å². The molecule has 0 unspecified atom stereocenters. The van der Waals surface area contributed by atoms with Gasteiger partial charge in [-0.15, -0.1) is 0 Å². The predicted molar refractivity (Wildman–Crippen MR) is 116 cm³/mol. The van der Waals surface area contributed by atoms with Crippen LogP contribution in [0.4, 0.5) is 4.79 Å². The topological polar surface area (TPSA) is 88.9 Å². The first-order valence-electron chi connectivity index (χ1n) is 10.9. The van der Waals surface area contributed by atoms with E-state index < -0.39 is 5.60 Å². The van der Waals surface area contributed by atoms with Gasteiger partial charge in [0.25, 0.3) is 0 Å². The summed E-state index contributed by atoms with van der Waals surface area (Å²) in [7, 11) is 0. The first kappa shape index (κ1) is 21.4. The highest BCUT2D eigenvalue weighted by atomic mass is 16.6. The van der Waals surface area contributed by atoms with Gasteiger partial charge >= 0.3 is 6.09 Å². The van der Waals surface area contributed by atoms with Crippen molar-refractivity contribution < 1.29 is 23.6 Å². The van der Waals surface area contributed by atoms with E-state index in [0.29, 0.717) is 22.8 Å². The number of benzene rings is 1. The fourth-order valence-corrected chi connectivity index (χ4v) is 4.18. The Balaban J connectivity index is 1.39. The smallest absolute Gasteiger partial charge is 0.410 e. The molecule has 7 heteroatoms. The normalized spacial score (nSPS) is 15.5. The number of carbonyl (C=O) groups excluding carboxylic acids is 1. The molecule has 3 heterocycles. The summed E-state index contributed by atoms with van der Waals surface area (Å²) in [6.45, 7) is 6.96. The summed E-state index contributed by atoms with van der Waals surface area (Å²) < 4.78 is 16.6. The van der Waals surface area contributed by atoms with Crippen molar-refractivity contribution in [2.45, 2.75) is 58.7 Å². The van der Waals surface area contributed by atoms with Crippen LogP contribution in [0.25, 0.3) is 22.3 Å². The summed E-state index contributed by atoms with van der Waals surface area (Å²) in [4.78, 5) is 14.0. The van der Waals surface area contributed by atoms with Gasteiger partial charge in [-0.1, -0.05) is 5.16 Å². The highest BCUT2D eigenvalue weighted by Crippen LogP contribution is 2.33. The lowest BCUT2D eigenvalue weighted by Crippen LogP contribution is -2.41. The highest BCUT2D eigenvalue weighted by molar-refractivity contribution is 5.88. The number of rotatable bonds is 5. The molecule has 0 aliphatic carbocycles. The lowest BCUT2D eigenvalue weighted by atomic mass is 9.91. The number of piperidine rings is 1. The van der Waals surface area contributed by atoms with Gasteiger partial charge in [-0.3, -0.25) is 0 Å². The van der Waals surface area contributed by atoms with Crippen molar-refractivity contribution in [2.75, 3.05) is 13.1 Å². The summed E-state index contributed by atoms with van der Waals surface area (Å²) in [5.41, 5.74) is 2.57. The molecule has 2 aromatic heterocycles. The number of fused-ring (bicyclic) bond motifs is 1. The van der Waals surface area contributed by atoms with Gasteiger partial charge in [-0.2, -0.15) is 0 Å². The number of aromatic nitrogens is 1. The van der Waals surface area contributed by atoms with Crippen LogP contribution in [0.1, 0.15) is 51.3 Å². The number of amides is 1. The largest absolute Gasteiger partial charge is 0.464 e. The minimum atomic E-state index is -0.466. The van der Waals surface area contributed by atoms with Gasteiger partial charge in [-0.05, 0) is 76.6 Å². The Labute approximate surface area is 181 Å². The molecule has 0 saturated carbocycles. The van der Waals surface area contributed by atoms with E-state index in [9.17, 15) is 9.90 Å². The molecule has 31 heavy (non-hydrogen) atoms. The monoisotopic (exact) mass is 426 g/mol. The number of hydrogen-bond acceptors (Lipinski definition) is 6. The molecule has 1 aliphatic rings. The summed E-state index contributed by atoms with van der Waals surface area (Å²) in [5.74, 6) is 1.23. The van der Waals surface area contributed by atoms with Gasteiger partial charge in [-0.25, -0.2) is 4.79 Å². The molecule has 0 radical (unpaired) electrons. The number of likely N-dealkylation sites (tertiary alicyclic amines) is 1. The number of hydrogen-bond donors (Lipinski definition) is 1. The Bertz CT molecular complexity index is 1020. The Morgan fingerprint density at radius 2 is 2.03 bits per heavy atom. The van der Waals surface area contributed by atoms with E-state index in [2.05, 4.69) is 5.16 Å². The van der Waals surface area contributed by atoms with E-state index in [1.54, 1.807) is 11.2 Å². The van der Waals surface area contributed by atoms with Crippen molar-refractivity contribution in [1.82, 2.24) is 10.1 Å². The van der Waals surface area contributed by atoms with Gasteiger partial charge in [0.05, 0.1) is 18.6 Å².